The van der Waals surface area contributed by atoms with Crippen molar-refractivity contribution in [3.63, 3.8) is 0 Å². The number of Topliss-reactive ketones (excluding diaryl/α,β-unsaturated/α-hetero) is 1. The van der Waals surface area contributed by atoms with E-state index in [1.165, 1.54) is 21.5 Å². The minimum Gasteiger partial charge on any atom is -0.460 e. The lowest BCUT2D eigenvalue weighted by molar-refractivity contribution is -0.165. The van der Waals surface area contributed by atoms with Crippen molar-refractivity contribution >= 4 is 40.5 Å². The van der Waals surface area contributed by atoms with Gasteiger partial charge in [0.25, 0.3) is 0 Å². The molecule has 168 valence electrons. The van der Waals surface area contributed by atoms with E-state index in [-0.39, 0.29) is 29.1 Å². The van der Waals surface area contributed by atoms with E-state index >= 15 is 0 Å². The first-order valence-electron chi connectivity index (χ1n) is 10.8. The minimum absolute atomic E-state index is 0.000827. The molecule has 2 aromatic rings. The summed E-state index contributed by atoms with van der Waals surface area (Å²) in [7, 11) is 0. The smallest absolute Gasteiger partial charge is 0.327 e. The Morgan fingerprint density at radius 2 is 1.81 bits per heavy atom. The van der Waals surface area contributed by atoms with Crippen molar-refractivity contribution in [2.45, 2.75) is 76.0 Å². The zero-order chi connectivity index (χ0) is 22.9. The fourth-order valence-electron chi connectivity index (χ4n) is 4.00. The van der Waals surface area contributed by atoms with Crippen LogP contribution < -0.4 is 5.73 Å². The molecule has 31 heavy (non-hydrogen) atoms. The average molecular weight is 460 g/mol. The van der Waals surface area contributed by atoms with Crippen molar-refractivity contribution in [1.29, 1.82) is 0 Å². The van der Waals surface area contributed by atoms with Gasteiger partial charge in [-0.2, -0.15) is 0 Å². The number of thioether (sulfide) groups is 1. The van der Waals surface area contributed by atoms with Crippen LogP contribution in [0.1, 0.15) is 56.4 Å². The van der Waals surface area contributed by atoms with Crippen LogP contribution in [0.3, 0.4) is 0 Å². The summed E-state index contributed by atoms with van der Waals surface area (Å²) in [6, 6.07) is 9.84. The van der Waals surface area contributed by atoms with Crippen molar-refractivity contribution in [2.75, 3.05) is 5.73 Å². The van der Waals surface area contributed by atoms with Gasteiger partial charge in [-0.3, -0.25) is 9.59 Å². The Hall–Kier alpha value is -1.79. The van der Waals surface area contributed by atoms with E-state index in [1.807, 2.05) is 38.1 Å². The first-order chi connectivity index (χ1) is 14.5. The molecule has 6 heteroatoms. The second kappa shape index (κ2) is 9.37. The SMILES string of the molecule is Cc1cc(SC2C(=O)OC(C(C)C)C(CCc3ccc(N)cc3)C2=O)c(C(C)(C)C)s1. The first-order valence-corrected chi connectivity index (χ1v) is 12.5. The second-order valence-electron chi connectivity index (χ2n) is 9.73. The number of benzene rings is 1. The molecule has 0 radical (unpaired) electrons. The van der Waals surface area contributed by atoms with E-state index < -0.39 is 11.2 Å². The molecule has 0 spiro atoms. The van der Waals surface area contributed by atoms with Gasteiger partial charge in [-0.05, 0) is 54.9 Å². The highest BCUT2D eigenvalue weighted by molar-refractivity contribution is 8.01. The number of cyclic esters (lactones) is 1. The van der Waals surface area contributed by atoms with Crippen molar-refractivity contribution in [1.82, 2.24) is 0 Å². The van der Waals surface area contributed by atoms with E-state index in [2.05, 4.69) is 33.8 Å². The number of rotatable bonds is 6. The molecule has 1 saturated heterocycles. The Kier molecular flexibility index (Phi) is 7.21. The number of esters is 1. The van der Waals surface area contributed by atoms with E-state index in [0.717, 1.165) is 22.6 Å². The summed E-state index contributed by atoms with van der Waals surface area (Å²) >= 11 is 3.10. The van der Waals surface area contributed by atoms with Gasteiger partial charge in [-0.25, -0.2) is 0 Å². The van der Waals surface area contributed by atoms with Crippen LogP contribution in [0.25, 0.3) is 0 Å². The summed E-state index contributed by atoms with van der Waals surface area (Å²) in [5, 5.41) is -0.804. The molecular formula is C25H33NO3S2. The summed E-state index contributed by atoms with van der Waals surface area (Å²) in [6.45, 7) is 12.6. The summed E-state index contributed by atoms with van der Waals surface area (Å²) in [6.07, 6.45) is 1.03. The fraction of sp³-hybridized carbons (Fsp3) is 0.520. The molecule has 3 atom stereocenters. The van der Waals surface area contributed by atoms with Gasteiger partial charge in [-0.1, -0.05) is 46.8 Å². The molecule has 0 saturated carbocycles. The average Bonchev–Trinajstić information content (AvgIpc) is 3.06. The Bertz CT molecular complexity index is 941. The molecule has 2 N–H and O–H groups in total. The van der Waals surface area contributed by atoms with Crippen LogP contribution in [0.2, 0.25) is 0 Å². The van der Waals surface area contributed by atoms with Gasteiger partial charge in [0.15, 0.2) is 11.0 Å². The number of hydrogen-bond acceptors (Lipinski definition) is 6. The molecule has 3 rings (SSSR count). The third-order valence-electron chi connectivity index (χ3n) is 5.61. The number of anilines is 1. The topological polar surface area (TPSA) is 69.4 Å². The lowest BCUT2D eigenvalue weighted by Crippen LogP contribution is -2.50. The summed E-state index contributed by atoms with van der Waals surface area (Å²) < 4.78 is 5.86. The van der Waals surface area contributed by atoms with E-state index in [1.54, 1.807) is 11.3 Å². The molecule has 1 aromatic carbocycles. The van der Waals surface area contributed by atoms with E-state index in [4.69, 9.17) is 10.5 Å². The molecule has 0 aliphatic carbocycles. The largest absolute Gasteiger partial charge is 0.460 e. The van der Waals surface area contributed by atoms with E-state index in [0.29, 0.717) is 6.42 Å². The summed E-state index contributed by atoms with van der Waals surface area (Å²) in [5.74, 6) is -0.616. The Labute approximate surface area is 193 Å². The number of carbonyl (C=O) groups is 2. The fourth-order valence-corrected chi connectivity index (χ4v) is 6.66. The molecule has 1 aliphatic heterocycles. The number of aryl methyl sites for hydroxylation is 2. The quantitative estimate of drug-likeness (QED) is 0.336. The highest BCUT2D eigenvalue weighted by atomic mass is 32.2. The number of hydrogen-bond donors (Lipinski definition) is 1. The molecule has 3 unspecified atom stereocenters. The Morgan fingerprint density at radius 1 is 1.16 bits per heavy atom. The predicted octanol–water partition coefficient (Wildman–Crippen LogP) is 5.80. The van der Waals surface area contributed by atoms with Crippen LogP contribution in [0.15, 0.2) is 35.2 Å². The van der Waals surface area contributed by atoms with Gasteiger partial charge in [0.2, 0.25) is 0 Å². The standard InChI is InChI=1S/C25H33NO3S2/c1-14(2)21-18(12-9-16-7-10-17(26)11-8-16)20(27)22(24(28)29-21)31-19-13-15(3)30-23(19)25(4,5)6/h7-8,10-11,13-14,18,21-22H,9,12,26H2,1-6H3. The Morgan fingerprint density at radius 3 is 2.39 bits per heavy atom. The maximum Gasteiger partial charge on any atom is 0.327 e. The van der Waals surface area contributed by atoms with Crippen LogP contribution >= 0.6 is 23.1 Å². The van der Waals surface area contributed by atoms with Gasteiger partial charge in [-0.15, -0.1) is 23.1 Å². The molecule has 0 amide bonds. The number of thiophene rings is 1. The zero-order valence-corrected chi connectivity index (χ0v) is 20.9. The van der Waals surface area contributed by atoms with Crippen molar-refractivity contribution in [3.8, 4) is 0 Å². The van der Waals surface area contributed by atoms with Crippen LogP contribution in [-0.4, -0.2) is 23.1 Å². The number of nitrogen functional groups attached to an aromatic ring is 1. The molecule has 1 fully saturated rings. The van der Waals surface area contributed by atoms with Crippen LogP contribution in [0.5, 0.6) is 0 Å². The van der Waals surface area contributed by atoms with Crippen LogP contribution in [-0.2, 0) is 26.2 Å². The first kappa shape index (κ1) is 23.9. The number of nitrogens with two attached hydrogens (primary N) is 1. The van der Waals surface area contributed by atoms with E-state index in [9.17, 15) is 9.59 Å². The number of ketones is 1. The minimum atomic E-state index is -0.804. The predicted molar refractivity (Wildman–Crippen MR) is 130 cm³/mol. The number of ether oxygens (including phenoxy) is 1. The second-order valence-corrected chi connectivity index (χ2v) is 12.1. The molecular weight excluding hydrogens is 426 g/mol. The number of carbonyl (C=O) groups excluding carboxylic acids is 2. The van der Waals surface area contributed by atoms with Gasteiger partial charge in [0, 0.05) is 20.3 Å². The Balaban J connectivity index is 1.83. The maximum absolute atomic E-state index is 13.6. The van der Waals surface area contributed by atoms with Crippen molar-refractivity contribution in [2.24, 2.45) is 11.8 Å². The molecule has 2 heterocycles. The van der Waals surface area contributed by atoms with Gasteiger partial charge in [0.1, 0.15) is 6.10 Å². The zero-order valence-electron chi connectivity index (χ0n) is 19.2. The molecule has 4 nitrogen and oxygen atoms in total. The normalized spacial score (nSPS) is 22.1. The lowest BCUT2D eigenvalue weighted by Gasteiger charge is -2.36. The molecule has 0 bridgehead atoms. The van der Waals surface area contributed by atoms with Gasteiger partial charge in [0.05, 0.1) is 5.92 Å². The summed E-state index contributed by atoms with van der Waals surface area (Å²) in [4.78, 5) is 29.8. The van der Waals surface area contributed by atoms with Gasteiger partial charge >= 0.3 is 5.97 Å². The lowest BCUT2D eigenvalue weighted by atomic mass is 9.82. The third-order valence-corrected chi connectivity index (χ3v) is 8.46. The van der Waals surface area contributed by atoms with Gasteiger partial charge < -0.3 is 10.5 Å². The van der Waals surface area contributed by atoms with Crippen molar-refractivity contribution in [3.05, 3.63) is 45.6 Å². The maximum atomic E-state index is 13.6. The summed E-state index contributed by atoms with van der Waals surface area (Å²) in [5.41, 5.74) is 7.60. The highest BCUT2D eigenvalue weighted by Crippen LogP contribution is 2.43. The highest BCUT2D eigenvalue weighted by Gasteiger charge is 2.46. The monoisotopic (exact) mass is 459 g/mol. The third kappa shape index (κ3) is 5.53. The molecule has 1 aromatic heterocycles. The van der Waals surface area contributed by atoms with Crippen LogP contribution in [0.4, 0.5) is 5.69 Å². The van der Waals surface area contributed by atoms with Crippen molar-refractivity contribution < 1.29 is 14.3 Å². The van der Waals surface area contributed by atoms with Crippen LogP contribution in [0, 0.1) is 18.8 Å². The molecule has 1 aliphatic rings.